The summed E-state index contributed by atoms with van der Waals surface area (Å²) >= 11 is 0. The molecule has 0 aromatic heterocycles. The molecule has 0 rings (SSSR count). The van der Waals surface area contributed by atoms with Gasteiger partial charge < -0.3 is 9.84 Å². The van der Waals surface area contributed by atoms with E-state index in [0.29, 0.717) is 13.0 Å². The third-order valence-corrected chi connectivity index (χ3v) is 5.68. The number of carbonyl (C=O) groups excluding carboxylic acids is 1. The molecule has 0 atom stereocenters. The maximum Gasteiger partial charge on any atom is 0.303 e. The van der Waals surface area contributed by atoms with Crippen LogP contribution in [0.4, 0.5) is 0 Å². The van der Waals surface area contributed by atoms with Gasteiger partial charge in [0.15, 0.2) is 0 Å². The number of carbonyl (C=O) groups is 2. The number of esters is 1. The summed E-state index contributed by atoms with van der Waals surface area (Å²) < 4.78 is 4.88. The largest absolute Gasteiger partial charge is 0.481 e. The van der Waals surface area contributed by atoms with Crippen molar-refractivity contribution in [3.05, 3.63) is 48.6 Å². The van der Waals surface area contributed by atoms with E-state index in [0.717, 1.165) is 32.1 Å². The summed E-state index contributed by atoms with van der Waals surface area (Å²) in [6.45, 7) is 6.15. The highest BCUT2D eigenvalue weighted by molar-refractivity contribution is 5.66. The molecule has 0 aliphatic carbocycles. The zero-order chi connectivity index (χ0) is 27.0. The van der Waals surface area contributed by atoms with Gasteiger partial charge >= 0.3 is 11.9 Å². The lowest BCUT2D eigenvalue weighted by atomic mass is 10.1. The van der Waals surface area contributed by atoms with Crippen molar-refractivity contribution in [1.29, 1.82) is 0 Å². The number of unbranched alkanes of at least 4 members (excludes halogenated alkanes) is 13. The molecule has 0 spiro atoms. The first-order valence-corrected chi connectivity index (χ1v) is 14.4. The number of hydrogen-bond acceptors (Lipinski definition) is 3. The number of allylic oxidation sites excluding steroid dienone is 8. The van der Waals surface area contributed by atoms with Crippen molar-refractivity contribution >= 4 is 11.9 Å². The van der Waals surface area contributed by atoms with E-state index in [1.165, 1.54) is 84.0 Å². The van der Waals surface area contributed by atoms with E-state index in [-0.39, 0.29) is 5.97 Å². The van der Waals surface area contributed by atoms with Crippen LogP contribution < -0.4 is 0 Å². The molecule has 0 amide bonds. The second kappa shape index (κ2) is 32.9. The molecule has 1 N–H and O–H groups in total. The Labute approximate surface area is 223 Å². The Balaban J connectivity index is 0. The van der Waals surface area contributed by atoms with Crippen LogP contribution in [0.1, 0.15) is 136 Å². The number of hydrogen-bond donors (Lipinski definition) is 1. The number of ether oxygens (including phenoxy) is 1. The average molecular weight is 505 g/mol. The van der Waals surface area contributed by atoms with Gasteiger partial charge in [-0.05, 0) is 65.2 Å². The molecule has 4 nitrogen and oxygen atoms in total. The topological polar surface area (TPSA) is 63.6 Å². The molecule has 0 unspecified atom stereocenters. The molecule has 0 aliphatic heterocycles. The van der Waals surface area contributed by atoms with Crippen LogP contribution in [-0.2, 0) is 14.3 Å². The van der Waals surface area contributed by atoms with E-state index in [1.54, 1.807) is 0 Å². The first kappa shape index (κ1) is 36.1. The smallest absolute Gasteiger partial charge is 0.303 e. The van der Waals surface area contributed by atoms with Gasteiger partial charge in [0.1, 0.15) is 0 Å². The average Bonchev–Trinajstić information content (AvgIpc) is 2.85. The monoisotopic (exact) mass is 504 g/mol. The van der Waals surface area contributed by atoms with E-state index in [2.05, 4.69) is 55.5 Å². The molecule has 0 fully saturated rings. The molecule has 0 aromatic rings. The van der Waals surface area contributed by atoms with Crippen LogP contribution in [0.3, 0.4) is 0 Å². The minimum atomic E-state index is -0.667. The molecule has 0 saturated heterocycles. The van der Waals surface area contributed by atoms with Gasteiger partial charge in [-0.3, -0.25) is 9.59 Å². The van der Waals surface area contributed by atoms with E-state index >= 15 is 0 Å². The summed E-state index contributed by atoms with van der Waals surface area (Å²) in [6.07, 6.45) is 37.9. The summed E-state index contributed by atoms with van der Waals surface area (Å²) in [5.74, 6) is -0.834. The minimum Gasteiger partial charge on any atom is -0.481 e. The highest BCUT2D eigenvalue weighted by Crippen LogP contribution is 2.10. The number of rotatable bonds is 23. The van der Waals surface area contributed by atoms with Crippen molar-refractivity contribution in [1.82, 2.24) is 0 Å². The number of carboxylic acid groups (broad SMARTS) is 1. The standard InChI is InChI=1S/2C16H28O2/c1-3-4-5-6-7-8-9-10-11-12-13-14-15-18-16(2)17;1-2-3-4-5-6-7-8-9-10-11-12-13-14-15-16(17)18/h3-4,6-7H,5,8-15H2,1-2H3;2-3,5-6H,4,7-15H2,1H3,(H,17,18)/b;3-2+,6-5-. The summed E-state index contributed by atoms with van der Waals surface area (Å²) in [5.41, 5.74) is 0. The first-order chi connectivity index (χ1) is 17.5. The molecule has 0 heterocycles. The molecule has 36 heavy (non-hydrogen) atoms. The highest BCUT2D eigenvalue weighted by atomic mass is 16.5. The van der Waals surface area contributed by atoms with Crippen LogP contribution in [-0.4, -0.2) is 23.7 Å². The minimum absolute atomic E-state index is 0.167. The molecule has 0 bridgehead atoms. The van der Waals surface area contributed by atoms with Crippen LogP contribution in [0.2, 0.25) is 0 Å². The Morgan fingerprint density at radius 2 is 1.00 bits per heavy atom. The Hall–Kier alpha value is -2.10. The Morgan fingerprint density at radius 1 is 0.583 bits per heavy atom. The zero-order valence-electron chi connectivity index (χ0n) is 23.7. The lowest BCUT2D eigenvalue weighted by molar-refractivity contribution is -0.141. The highest BCUT2D eigenvalue weighted by Gasteiger charge is 1.96. The Bertz CT molecular complexity index is 535. The van der Waals surface area contributed by atoms with Crippen molar-refractivity contribution in [2.45, 2.75) is 136 Å². The van der Waals surface area contributed by atoms with Gasteiger partial charge in [-0.25, -0.2) is 0 Å². The van der Waals surface area contributed by atoms with E-state index in [9.17, 15) is 9.59 Å². The van der Waals surface area contributed by atoms with Crippen LogP contribution in [0.25, 0.3) is 0 Å². The number of carboxylic acids is 1. The Kier molecular flexibility index (Phi) is 33.0. The summed E-state index contributed by atoms with van der Waals surface area (Å²) in [7, 11) is 0. The van der Waals surface area contributed by atoms with Crippen molar-refractivity contribution in [2.24, 2.45) is 0 Å². The fraction of sp³-hybridized carbons (Fsp3) is 0.688. The summed E-state index contributed by atoms with van der Waals surface area (Å²) in [4.78, 5) is 20.8. The molecular weight excluding hydrogens is 448 g/mol. The third-order valence-electron chi connectivity index (χ3n) is 5.68. The second-order valence-corrected chi connectivity index (χ2v) is 9.21. The molecule has 0 aromatic carbocycles. The van der Waals surface area contributed by atoms with E-state index < -0.39 is 5.97 Å². The van der Waals surface area contributed by atoms with Crippen molar-refractivity contribution < 1.29 is 19.4 Å². The lowest BCUT2D eigenvalue weighted by Crippen LogP contribution is -1.99. The predicted octanol–water partition coefficient (Wildman–Crippen LogP) is 9.91. The van der Waals surface area contributed by atoms with Gasteiger partial charge in [0.2, 0.25) is 0 Å². The van der Waals surface area contributed by atoms with Gasteiger partial charge in [0.25, 0.3) is 0 Å². The first-order valence-electron chi connectivity index (χ1n) is 14.4. The molecule has 208 valence electrons. The van der Waals surface area contributed by atoms with Crippen LogP contribution >= 0.6 is 0 Å². The quantitative estimate of drug-likeness (QED) is 0.0854. The SMILES string of the molecule is C/C=C/C/C=C\CCCCCCCCCC(=O)O.CC=CCC=CCCCCCCCCOC(C)=O. The van der Waals surface area contributed by atoms with E-state index in [4.69, 9.17) is 9.84 Å². The van der Waals surface area contributed by atoms with Gasteiger partial charge in [0, 0.05) is 13.3 Å². The molecule has 0 saturated carbocycles. The molecule has 4 heteroatoms. The van der Waals surface area contributed by atoms with Gasteiger partial charge in [-0.2, -0.15) is 0 Å². The maximum atomic E-state index is 10.5. The number of aliphatic carboxylic acids is 1. The summed E-state index contributed by atoms with van der Waals surface area (Å²) in [5, 5.41) is 8.48. The molecule has 0 radical (unpaired) electrons. The van der Waals surface area contributed by atoms with Crippen molar-refractivity contribution in [3.8, 4) is 0 Å². The van der Waals surface area contributed by atoms with E-state index in [1.807, 2.05) is 6.92 Å². The van der Waals surface area contributed by atoms with Gasteiger partial charge in [0.05, 0.1) is 6.61 Å². The fourth-order valence-corrected chi connectivity index (χ4v) is 3.57. The van der Waals surface area contributed by atoms with Gasteiger partial charge in [-0.15, -0.1) is 0 Å². The second-order valence-electron chi connectivity index (χ2n) is 9.21. The van der Waals surface area contributed by atoms with Crippen molar-refractivity contribution in [2.75, 3.05) is 6.61 Å². The zero-order valence-corrected chi connectivity index (χ0v) is 23.7. The normalized spacial score (nSPS) is 11.5. The van der Waals surface area contributed by atoms with Crippen molar-refractivity contribution in [3.63, 3.8) is 0 Å². The lowest BCUT2D eigenvalue weighted by Gasteiger charge is -2.01. The predicted molar refractivity (Wildman–Crippen MR) is 155 cm³/mol. The van der Waals surface area contributed by atoms with Crippen LogP contribution in [0, 0.1) is 0 Å². The third kappa shape index (κ3) is 39.1. The maximum absolute atomic E-state index is 10.5. The Morgan fingerprint density at radius 3 is 1.42 bits per heavy atom. The van der Waals surface area contributed by atoms with Gasteiger partial charge in [-0.1, -0.05) is 106 Å². The van der Waals surface area contributed by atoms with Crippen LogP contribution in [0.15, 0.2) is 48.6 Å². The molecular formula is C32H56O4. The summed E-state index contributed by atoms with van der Waals surface area (Å²) in [6, 6.07) is 0. The van der Waals surface area contributed by atoms with Crippen LogP contribution in [0.5, 0.6) is 0 Å². The fourth-order valence-electron chi connectivity index (χ4n) is 3.57. The molecule has 0 aliphatic rings.